The molecule has 0 radical (unpaired) electrons. The number of nitrogens with zero attached hydrogens (tertiary/aromatic N) is 1. The molecular weight excluding hydrogens is 182 g/mol. The summed E-state index contributed by atoms with van der Waals surface area (Å²) in [4.78, 5) is 3.94. The molecule has 0 unspecified atom stereocenters. The van der Waals surface area contributed by atoms with Crippen LogP contribution < -0.4 is 11.1 Å². The number of nitrogens with two attached hydrogens (primary N) is 1. The van der Waals surface area contributed by atoms with Crippen molar-refractivity contribution in [2.75, 3.05) is 21.3 Å². The van der Waals surface area contributed by atoms with Crippen molar-refractivity contribution >= 4 is 6.21 Å². The van der Waals surface area contributed by atoms with E-state index in [2.05, 4.69) is 16.9 Å². The highest BCUT2D eigenvalue weighted by Gasteiger charge is 2.06. The van der Waals surface area contributed by atoms with Crippen molar-refractivity contribution in [3.05, 3.63) is 24.2 Å². The molecule has 5 heteroatoms. The maximum atomic E-state index is 5.64. The first kappa shape index (κ1) is 12.7. The maximum Gasteiger partial charge on any atom is 0.197 e. The monoisotopic (exact) mass is 199 g/mol. The van der Waals surface area contributed by atoms with E-state index in [4.69, 9.17) is 15.2 Å². The molecule has 0 aromatic heterocycles. The molecule has 0 atom stereocenters. The Morgan fingerprint density at radius 1 is 1.50 bits per heavy atom. The van der Waals surface area contributed by atoms with Gasteiger partial charge in [-0.15, -0.1) is 0 Å². The van der Waals surface area contributed by atoms with Crippen LogP contribution in [0.4, 0.5) is 0 Å². The highest BCUT2D eigenvalue weighted by Crippen LogP contribution is 1.98. The molecule has 3 N–H and O–H groups in total. The maximum absolute atomic E-state index is 5.64. The smallest absolute Gasteiger partial charge is 0.197 e. The van der Waals surface area contributed by atoms with Crippen LogP contribution in [0.1, 0.15) is 0 Å². The van der Waals surface area contributed by atoms with Gasteiger partial charge in [0.1, 0.15) is 5.82 Å². The van der Waals surface area contributed by atoms with E-state index in [1.54, 1.807) is 13.1 Å². The number of rotatable bonds is 6. The van der Waals surface area contributed by atoms with Gasteiger partial charge < -0.3 is 20.5 Å². The Morgan fingerprint density at radius 3 is 2.50 bits per heavy atom. The standard InChI is InChI=1S/C9H17N3O2/c1-7(11-2)12-6-5-8(10)9(13-3)14-4/h5-6,9,11H,1,10H2,2-4H3/b8-5-,12-6-. The summed E-state index contributed by atoms with van der Waals surface area (Å²) in [5, 5.41) is 2.77. The number of allylic oxidation sites excluding steroid dienone is 1. The van der Waals surface area contributed by atoms with Crippen LogP contribution in [0.15, 0.2) is 29.2 Å². The van der Waals surface area contributed by atoms with Crippen molar-refractivity contribution < 1.29 is 9.47 Å². The predicted octanol–water partition coefficient (Wildman–Crippen LogP) is 0.209. The van der Waals surface area contributed by atoms with Crippen molar-refractivity contribution in [2.45, 2.75) is 6.29 Å². The van der Waals surface area contributed by atoms with E-state index in [0.717, 1.165) is 0 Å². The number of hydrogen-bond acceptors (Lipinski definition) is 5. The molecule has 0 aromatic carbocycles. The van der Waals surface area contributed by atoms with E-state index < -0.39 is 6.29 Å². The molecule has 14 heavy (non-hydrogen) atoms. The minimum Gasteiger partial charge on any atom is -0.398 e. The normalized spacial score (nSPS) is 12.4. The minimum absolute atomic E-state index is 0.447. The lowest BCUT2D eigenvalue weighted by molar-refractivity contribution is -0.0755. The van der Waals surface area contributed by atoms with E-state index >= 15 is 0 Å². The van der Waals surface area contributed by atoms with E-state index in [0.29, 0.717) is 11.5 Å². The second-order valence-corrected chi connectivity index (χ2v) is 2.44. The third-order valence-electron chi connectivity index (χ3n) is 1.49. The molecule has 0 aliphatic rings. The largest absolute Gasteiger partial charge is 0.398 e. The van der Waals surface area contributed by atoms with Gasteiger partial charge in [0.2, 0.25) is 0 Å². The summed E-state index contributed by atoms with van der Waals surface area (Å²) in [6.07, 6.45) is 2.59. The van der Waals surface area contributed by atoms with Crippen molar-refractivity contribution in [2.24, 2.45) is 10.7 Å². The van der Waals surface area contributed by atoms with Gasteiger partial charge in [0.25, 0.3) is 0 Å². The van der Waals surface area contributed by atoms with Gasteiger partial charge in [0.05, 0.1) is 5.70 Å². The van der Waals surface area contributed by atoms with Crippen LogP contribution in [0.3, 0.4) is 0 Å². The molecule has 0 saturated carbocycles. The van der Waals surface area contributed by atoms with Gasteiger partial charge in [-0.1, -0.05) is 6.58 Å². The summed E-state index contributed by atoms with van der Waals surface area (Å²) < 4.78 is 9.86. The van der Waals surface area contributed by atoms with Crippen LogP contribution in [-0.4, -0.2) is 33.8 Å². The molecule has 0 spiro atoms. The summed E-state index contributed by atoms with van der Waals surface area (Å²) in [5.74, 6) is 0.556. The van der Waals surface area contributed by atoms with Crippen molar-refractivity contribution in [1.29, 1.82) is 0 Å². The van der Waals surface area contributed by atoms with Gasteiger partial charge >= 0.3 is 0 Å². The van der Waals surface area contributed by atoms with Crippen LogP contribution in [0.25, 0.3) is 0 Å². The number of ether oxygens (including phenoxy) is 2. The lowest BCUT2D eigenvalue weighted by atomic mass is 10.4. The van der Waals surface area contributed by atoms with Crippen LogP contribution in [-0.2, 0) is 9.47 Å². The third-order valence-corrected chi connectivity index (χ3v) is 1.49. The Balaban J connectivity index is 4.23. The summed E-state index contributed by atoms with van der Waals surface area (Å²) in [6, 6.07) is 0. The van der Waals surface area contributed by atoms with Crippen LogP contribution in [0.5, 0.6) is 0 Å². The molecule has 0 aliphatic carbocycles. The molecule has 0 fully saturated rings. The van der Waals surface area contributed by atoms with Gasteiger partial charge in [0, 0.05) is 27.5 Å². The number of aliphatic imine (C=N–C) groups is 1. The topological polar surface area (TPSA) is 68.9 Å². The fourth-order valence-electron chi connectivity index (χ4n) is 0.725. The summed E-state index contributed by atoms with van der Waals surface area (Å²) in [5.41, 5.74) is 6.08. The van der Waals surface area contributed by atoms with Crippen molar-refractivity contribution in [3.8, 4) is 0 Å². The van der Waals surface area contributed by atoms with Crippen molar-refractivity contribution in [3.63, 3.8) is 0 Å². The van der Waals surface area contributed by atoms with Crippen LogP contribution in [0, 0.1) is 0 Å². The number of methoxy groups -OCH3 is 2. The lowest BCUT2D eigenvalue weighted by Crippen LogP contribution is -2.22. The molecule has 0 aliphatic heterocycles. The summed E-state index contributed by atoms with van der Waals surface area (Å²) >= 11 is 0. The first-order valence-electron chi connectivity index (χ1n) is 4.07. The number of hydrogen-bond donors (Lipinski definition) is 2. The van der Waals surface area contributed by atoms with Gasteiger partial charge in [-0.3, -0.25) is 0 Å². The molecular formula is C9H17N3O2. The Morgan fingerprint density at radius 2 is 2.07 bits per heavy atom. The second-order valence-electron chi connectivity index (χ2n) is 2.44. The Hall–Kier alpha value is -1.33. The fourth-order valence-corrected chi connectivity index (χ4v) is 0.725. The highest BCUT2D eigenvalue weighted by molar-refractivity contribution is 5.73. The van der Waals surface area contributed by atoms with Crippen molar-refractivity contribution in [1.82, 2.24) is 5.32 Å². The van der Waals surface area contributed by atoms with Gasteiger partial charge in [-0.25, -0.2) is 4.99 Å². The van der Waals surface area contributed by atoms with Crippen LogP contribution >= 0.6 is 0 Å². The third kappa shape index (κ3) is 4.64. The molecule has 0 aromatic rings. The molecule has 0 heterocycles. The summed E-state index contributed by atoms with van der Waals surface area (Å²) in [7, 11) is 4.76. The number of nitrogens with one attached hydrogen (secondary N) is 1. The van der Waals surface area contributed by atoms with Gasteiger partial charge in [-0.05, 0) is 6.08 Å². The first-order chi connectivity index (χ1) is 6.65. The molecule has 0 rings (SSSR count). The minimum atomic E-state index is -0.538. The zero-order chi connectivity index (χ0) is 11.0. The molecule has 0 amide bonds. The highest BCUT2D eigenvalue weighted by atomic mass is 16.7. The van der Waals surface area contributed by atoms with Gasteiger partial charge in [0.15, 0.2) is 6.29 Å². The second kappa shape index (κ2) is 7.11. The average Bonchev–Trinajstić information content (AvgIpc) is 2.19. The summed E-state index contributed by atoms with van der Waals surface area (Å²) in [6.45, 7) is 3.61. The first-order valence-corrected chi connectivity index (χ1v) is 4.07. The molecule has 0 saturated heterocycles. The predicted molar refractivity (Wildman–Crippen MR) is 56.8 cm³/mol. The van der Waals surface area contributed by atoms with E-state index in [-0.39, 0.29) is 0 Å². The Bertz CT molecular complexity index is 232. The van der Waals surface area contributed by atoms with E-state index in [9.17, 15) is 0 Å². The SMILES string of the molecule is C=C(/N=C\C=C(/N)C(OC)OC)NC. The Labute approximate surface area is 84.3 Å². The quantitative estimate of drug-likeness (QED) is 0.474. The fraction of sp³-hybridized carbons (Fsp3) is 0.444. The van der Waals surface area contributed by atoms with E-state index in [1.807, 2.05) is 0 Å². The molecule has 80 valence electrons. The average molecular weight is 199 g/mol. The zero-order valence-corrected chi connectivity index (χ0v) is 8.78. The van der Waals surface area contributed by atoms with Crippen LogP contribution in [0.2, 0.25) is 0 Å². The van der Waals surface area contributed by atoms with E-state index in [1.165, 1.54) is 20.4 Å². The lowest BCUT2D eigenvalue weighted by Gasteiger charge is -2.12. The molecule has 5 nitrogen and oxygen atoms in total. The van der Waals surface area contributed by atoms with Gasteiger partial charge in [-0.2, -0.15) is 0 Å². The molecule has 0 bridgehead atoms. The zero-order valence-electron chi connectivity index (χ0n) is 8.78. The Kier molecular flexibility index (Phi) is 6.43.